The molecule has 19 heavy (non-hydrogen) atoms. The van der Waals surface area contributed by atoms with Gasteiger partial charge in [0, 0.05) is 17.6 Å². The lowest BCUT2D eigenvalue weighted by Crippen LogP contribution is -2.18. The third-order valence-corrected chi connectivity index (χ3v) is 6.09. The Labute approximate surface area is 118 Å². The average molecular weight is 299 g/mol. The van der Waals surface area contributed by atoms with Crippen LogP contribution in [-0.4, -0.2) is 31.5 Å². The molecule has 0 unspecified atom stereocenters. The van der Waals surface area contributed by atoms with Gasteiger partial charge in [-0.15, -0.1) is 0 Å². The van der Waals surface area contributed by atoms with Gasteiger partial charge in [0.05, 0.1) is 17.3 Å². The fraction of sp³-hybridized carbons (Fsp3) is 0.462. The normalized spacial score (nSPS) is 25.9. The SMILES string of the molecule is CCS(=O)(=O)[C@@H]1[C@@H](C(N)=S)[C@H]1c1ccc(OC)cc1. The third kappa shape index (κ3) is 2.60. The van der Waals surface area contributed by atoms with Crippen LogP contribution >= 0.6 is 12.2 Å². The number of benzene rings is 1. The Morgan fingerprint density at radius 1 is 1.37 bits per heavy atom. The first-order valence-electron chi connectivity index (χ1n) is 6.07. The molecule has 0 saturated heterocycles. The Kier molecular flexibility index (Phi) is 3.82. The number of rotatable bonds is 5. The van der Waals surface area contributed by atoms with E-state index in [4.69, 9.17) is 22.7 Å². The van der Waals surface area contributed by atoms with Crippen LogP contribution in [0.4, 0.5) is 0 Å². The molecular weight excluding hydrogens is 282 g/mol. The minimum atomic E-state index is -3.13. The lowest BCUT2D eigenvalue weighted by molar-refractivity contribution is 0.414. The van der Waals surface area contributed by atoms with Crippen LogP contribution in [0.1, 0.15) is 18.4 Å². The molecule has 0 aromatic heterocycles. The first-order chi connectivity index (χ1) is 8.92. The standard InChI is InChI=1S/C13H17NO3S2/c1-3-19(15,16)12-10(11(12)13(14)18)8-4-6-9(17-2)7-5-8/h4-7,10-12H,3H2,1-2H3,(H2,14,18)/t10-,11+,12+/m1/s1. The number of methoxy groups -OCH3 is 1. The van der Waals surface area contributed by atoms with Crippen LogP contribution in [0.25, 0.3) is 0 Å². The zero-order valence-corrected chi connectivity index (χ0v) is 12.5. The van der Waals surface area contributed by atoms with Crippen molar-refractivity contribution in [2.24, 2.45) is 11.7 Å². The van der Waals surface area contributed by atoms with Crippen molar-refractivity contribution in [3.8, 4) is 5.75 Å². The molecule has 3 atom stereocenters. The Hall–Kier alpha value is -1.14. The molecule has 0 heterocycles. The van der Waals surface area contributed by atoms with Gasteiger partial charge in [0.25, 0.3) is 0 Å². The van der Waals surface area contributed by atoms with E-state index in [1.54, 1.807) is 14.0 Å². The van der Waals surface area contributed by atoms with Gasteiger partial charge in [0.2, 0.25) is 0 Å². The quantitative estimate of drug-likeness (QED) is 0.834. The summed E-state index contributed by atoms with van der Waals surface area (Å²) >= 11 is 4.99. The molecule has 104 valence electrons. The van der Waals surface area contributed by atoms with E-state index in [0.29, 0.717) is 0 Å². The predicted molar refractivity (Wildman–Crippen MR) is 79.3 cm³/mol. The van der Waals surface area contributed by atoms with Gasteiger partial charge in [-0.25, -0.2) is 8.42 Å². The van der Waals surface area contributed by atoms with Gasteiger partial charge in [-0.05, 0) is 17.7 Å². The van der Waals surface area contributed by atoms with Gasteiger partial charge in [-0.2, -0.15) is 0 Å². The summed E-state index contributed by atoms with van der Waals surface area (Å²) in [4.78, 5) is 0.280. The smallest absolute Gasteiger partial charge is 0.154 e. The van der Waals surface area contributed by atoms with Gasteiger partial charge in [-0.1, -0.05) is 31.3 Å². The maximum atomic E-state index is 12.0. The van der Waals surface area contributed by atoms with Crippen LogP contribution in [0.5, 0.6) is 5.75 Å². The number of ether oxygens (including phenoxy) is 1. The summed E-state index contributed by atoms with van der Waals surface area (Å²) in [5, 5.41) is -0.469. The molecule has 1 aromatic rings. The van der Waals surface area contributed by atoms with Crippen LogP contribution < -0.4 is 10.5 Å². The van der Waals surface area contributed by atoms with Crippen LogP contribution in [-0.2, 0) is 9.84 Å². The number of hydrogen-bond acceptors (Lipinski definition) is 4. The summed E-state index contributed by atoms with van der Waals surface area (Å²) in [6, 6.07) is 7.39. The number of thiocarbonyl (C=S) groups is 1. The fourth-order valence-electron chi connectivity index (χ4n) is 2.48. The van der Waals surface area contributed by atoms with Crippen LogP contribution in [0, 0.1) is 5.92 Å². The molecule has 0 radical (unpaired) electrons. The minimum Gasteiger partial charge on any atom is -0.497 e. The van der Waals surface area contributed by atoms with E-state index in [1.165, 1.54) is 0 Å². The summed E-state index contributed by atoms with van der Waals surface area (Å²) in [5.74, 6) is 0.497. The fourth-order valence-corrected chi connectivity index (χ4v) is 4.69. The van der Waals surface area contributed by atoms with E-state index in [2.05, 4.69) is 0 Å². The zero-order valence-electron chi connectivity index (χ0n) is 10.9. The lowest BCUT2D eigenvalue weighted by atomic mass is 10.1. The van der Waals surface area contributed by atoms with Gasteiger partial charge in [-0.3, -0.25) is 0 Å². The zero-order chi connectivity index (χ0) is 14.2. The van der Waals surface area contributed by atoms with Crippen molar-refractivity contribution in [2.75, 3.05) is 12.9 Å². The summed E-state index contributed by atoms with van der Waals surface area (Å²) in [6.45, 7) is 1.65. The molecule has 0 spiro atoms. The highest BCUT2D eigenvalue weighted by molar-refractivity contribution is 7.92. The van der Waals surface area contributed by atoms with Crippen LogP contribution in [0.15, 0.2) is 24.3 Å². The van der Waals surface area contributed by atoms with Gasteiger partial charge in [0.15, 0.2) is 9.84 Å². The van der Waals surface area contributed by atoms with Gasteiger partial charge in [0.1, 0.15) is 5.75 Å². The molecule has 0 aliphatic heterocycles. The van der Waals surface area contributed by atoms with Crippen molar-refractivity contribution in [1.29, 1.82) is 0 Å². The molecule has 0 bridgehead atoms. The van der Waals surface area contributed by atoms with E-state index in [9.17, 15) is 8.42 Å². The molecule has 2 N–H and O–H groups in total. The van der Waals surface area contributed by atoms with E-state index in [-0.39, 0.29) is 22.6 Å². The third-order valence-electron chi connectivity index (χ3n) is 3.60. The van der Waals surface area contributed by atoms with Gasteiger partial charge >= 0.3 is 0 Å². The first-order valence-corrected chi connectivity index (χ1v) is 8.19. The Bertz CT molecular complexity index is 580. The minimum absolute atomic E-state index is 0.115. The summed E-state index contributed by atoms with van der Waals surface area (Å²) in [7, 11) is -1.54. The van der Waals surface area contributed by atoms with E-state index in [1.807, 2.05) is 24.3 Å². The monoisotopic (exact) mass is 299 g/mol. The summed E-state index contributed by atoms with van der Waals surface area (Å²) in [5.41, 5.74) is 6.61. The topological polar surface area (TPSA) is 69.4 Å². The highest BCUT2D eigenvalue weighted by Gasteiger charge is 2.59. The highest BCUT2D eigenvalue weighted by Crippen LogP contribution is 2.52. The molecule has 1 aliphatic rings. The van der Waals surface area contributed by atoms with Crippen molar-refractivity contribution in [3.05, 3.63) is 29.8 Å². The first kappa shape index (κ1) is 14.3. The van der Waals surface area contributed by atoms with Crippen molar-refractivity contribution in [2.45, 2.75) is 18.1 Å². The molecular formula is C13H17NO3S2. The second-order valence-corrected chi connectivity index (χ2v) is 7.56. The molecule has 6 heteroatoms. The van der Waals surface area contributed by atoms with E-state index in [0.717, 1.165) is 11.3 Å². The Morgan fingerprint density at radius 3 is 2.37 bits per heavy atom. The van der Waals surface area contributed by atoms with Crippen molar-refractivity contribution < 1.29 is 13.2 Å². The van der Waals surface area contributed by atoms with Crippen molar-refractivity contribution in [3.63, 3.8) is 0 Å². The predicted octanol–water partition coefficient (Wildman–Crippen LogP) is 1.50. The largest absolute Gasteiger partial charge is 0.497 e. The second-order valence-electron chi connectivity index (χ2n) is 4.64. The maximum absolute atomic E-state index is 12.0. The average Bonchev–Trinajstić information content (AvgIpc) is 3.15. The molecule has 0 amide bonds. The number of sulfone groups is 1. The van der Waals surface area contributed by atoms with Crippen LogP contribution in [0.3, 0.4) is 0 Å². The summed E-state index contributed by atoms with van der Waals surface area (Å²) in [6.07, 6.45) is 0. The molecule has 1 saturated carbocycles. The van der Waals surface area contributed by atoms with Crippen molar-refractivity contribution in [1.82, 2.24) is 0 Å². The number of nitrogens with two attached hydrogens (primary N) is 1. The molecule has 1 aliphatic carbocycles. The lowest BCUT2D eigenvalue weighted by Gasteiger charge is -2.03. The summed E-state index contributed by atoms with van der Waals surface area (Å²) < 4.78 is 29.2. The molecule has 1 aromatic carbocycles. The number of hydrogen-bond donors (Lipinski definition) is 1. The highest BCUT2D eigenvalue weighted by atomic mass is 32.2. The van der Waals surface area contributed by atoms with Crippen LogP contribution in [0.2, 0.25) is 0 Å². The Morgan fingerprint density at radius 2 is 1.95 bits per heavy atom. The van der Waals surface area contributed by atoms with E-state index >= 15 is 0 Å². The molecule has 1 fully saturated rings. The molecule has 4 nitrogen and oxygen atoms in total. The van der Waals surface area contributed by atoms with Gasteiger partial charge < -0.3 is 10.5 Å². The molecule has 2 rings (SSSR count). The second kappa shape index (κ2) is 5.09. The Balaban J connectivity index is 2.30. The maximum Gasteiger partial charge on any atom is 0.154 e. The van der Waals surface area contributed by atoms with Crippen molar-refractivity contribution >= 4 is 27.0 Å². The van der Waals surface area contributed by atoms with E-state index < -0.39 is 15.1 Å².